The van der Waals surface area contributed by atoms with Crippen molar-refractivity contribution in [2.75, 3.05) is 30.4 Å². The highest BCUT2D eigenvalue weighted by molar-refractivity contribution is 7.14. The van der Waals surface area contributed by atoms with Crippen molar-refractivity contribution < 1.29 is 14.3 Å². The number of aromatic nitrogens is 2. The molecule has 0 unspecified atom stereocenters. The SMILES string of the molecule is COc1ccc(N(CCC(N)=O)CC(=O)Nc2nc(-c3c[nH]c4ccccc34)cs2)cc1. The molecule has 2 aromatic carbocycles. The van der Waals surface area contributed by atoms with E-state index in [1.54, 1.807) is 24.1 Å². The lowest BCUT2D eigenvalue weighted by atomic mass is 10.1. The smallest absolute Gasteiger partial charge is 0.245 e. The van der Waals surface area contributed by atoms with Gasteiger partial charge in [0.15, 0.2) is 5.13 Å². The number of anilines is 2. The van der Waals surface area contributed by atoms with Gasteiger partial charge in [-0.1, -0.05) is 18.2 Å². The number of methoxy groups -OCH3 is 1. The molecule has 0 spiro atoms. The molecule has 2 amide bonds. The van der Waals surface area contributed by atoms with Crippen molar-refractivity contribution in [3.8, 4) is 17.0 Å². The predicted molar refractivity (Wildman–Crippen MR) is 127 cm³/mol. The average Bonchev–Trinajstić information content (AvgIpc) is 3.43. The molecule has 164 valence electrons. The van der Waals surface area contributed by atoms with Crippen LogP contribution in [0.3, 0.4) is 0 Å². The molecule has 0 fully saturated rings. The fourth-order valence-electron chi connectivity index (χ4n) is 3.41. The molecular weight excluding hydrogens is 426 g/mol. The number of primary amides is 1. The number of rotatable bonds is 9. The summed E-state index contributed by atoms with van der Waals surface area (Å²) in [4.78, 5) is 33.6. The third-order valence-electron chi connectivity index (χ3n) is 5.02. The van der Waals surface area contributed by atoms with Crippen LogP contribution < -0.4 is 20.7 Å². The van der Waals surface area contributed by atoms with Gasteiger partial charge in [0, 0.05) is 46.7 Å². The largest absolute Gasteiger partial charge is 0.497 e. The van der Waals surface area contributed by atoms with Crippen LogP contribution in [0.2, 0.25) is 0 Å². The Morgan fingerprint density at radius 1 is 1.19 bits per heavy atom. The minimum Gasteiger partial charge on any atom is -0.497 e. The van der Waals surface area contributed by atoms with E-state index in [9.17, 15) is 9.59 Å². The number of aromatic amines is 1. The number of hydrogen-bond donors (Lipinski definition) is 3. The summed E-state index contributed by atoms with van der Waals surface area (Å²) >= 11 is 1.36. The van der Waals surface area contributed by atoms with Gasteiger partial charge in [-0.05, 0) is 30.3 Å². The Morgan fingerprint density at radius 3 is 2.72 bits per heavy atom. The number of H-pyrrole nitrogens is 1. The number of hydrogen-bond acceptors (Lipinski definition) is 6. The monoisotopic (exact) mass is 449 g/mol. The van der Waals surface area contributed by atoms with Gasteiger partial charge >= 0.3 is 0 Å². The number of nitrogens with zero attached hydrogens (tertiary/aromatic N) is 2. The molecule has 0 aliphatic carbocycles. The van der Waals surface area contributed by atoms with E-state index in [2.05, 4.69) is 15.3 Å². The quantitative estimate of drug-likeness (QED) is 0.361. The van der Waals surface area contributed by atoms with E-state index in [1.807, 2.05) is 48.0 Å². The van der Waals surface area contributed by atoms with Crippen molar-refractivity contribution in [3.05, 3.63) is 60.1 Å². The van der Waals surface area contributed by atoms with Crippen LogP contribution in [-0.2, 0) is 9.59 Å². The fourth-order valence-corrected chi connectivity index (χ4v) is 4.13. The number of fused-ring (bicyclic) bond motifs is 1. The number of carbonyl (C=O) groups is 2. The van der Waals surface area contributed by atoms with Gasteiger partial charge in [0.1, 0.15) is 5.75 Å². The third-order valence-corrected chi connectivity index (χ3v) is 5.77. The Kier molecular flexibility index (Phi) is 6.37. The van der Waals surface area contributed by atoms with Gasteiger partial charge in [0.2, 0.25) is 11.8 Å². The summed E-state index contributed by atoms with van der Waals surface area (Å²) in [6.45, 7) is 0.384. The summed E-state index contributed by atoms with van der Waals surface area (Å²) in [5, 5.41) is 6.37. The zero-order chi connectivity index (χ0) is 22.5. The van der Waals surface area contributed by atoms with Gasteiger partial charge in [-0.25, -0.2) is 4.98 Å². The van der Waals surface area contributed by atoms with Gasteiger partial charge < -0.3 is 25.7 Å². The molecule has 4 aromatic rings. The maximum absolute atomic E-state index is 12.7. The molecule has 9 heteroatoms. The topological polar surface area (TPSA) is 113 Å². The summed E-state index contributed by atoms with van der Waals surface area (Å²) in [6, 6.07) is 15.3. The number of thiazole rings is 1. The molecule has 0 aliphatic rings. The fraction of sp³-hybridized carbons (Fsp3) is 0.174. The van der Waals surface area contributed by atoms with Gasteiger partial charge in [0.05, 0.1) is 19.3 Å². The first-order chi connectivity index (χ1) is 15.5. The van der Waals surface area contributed by atoms with Crippen molar-refractivity contribution in [3.63, 3.8) is 0 Å². The second kappa shape index (κ2) is 9.52. The minimum absolute atomic E-state index is 0.0572. The van der Waals surface area contributed by atoms with Crippen LogP contribution in [0.4, 0.5) is 10.8 Å². The lowest BCUT2D eigenvalue weighted by molar-refractivity contribution is -0.118. The molecule has 0 saturated carbocycles. The summed E-state index contributed by atoms with van der Waals surface area (Å²) in [6.07, 6.45) is 2.06. The zero-order valence-corrected chi connectivity index (χ0v) is 18.3. The maximum Gasteiger partial charge on any atom is 0.245 e. The molecule has 0 atom stereocenters. The zero-order valence-electron chi connectivity index (χ0n) is 17.5. The van der Waals surface area contributed by atoms with E-state index in [-0.39, 0.29) is 18.9 Å². The van der Waals surface area contributed by atoms with Crippen LogP contribution in [0.1, 0.15) is 6.42 Å². The Morgan fingerprint density at radius 2 is 1.97 bits per heavy atom. The summed E-state index contributed by atoms with van der Waals surface area (Å²) in [5.41, 5.74) is 8.92. The van der Waals surface area contributed by atoms with Crippen LogP contribution in [0.15, 0.2) is 60.1 Å². The third kappa shape index (κ3) is 4.89. The number of nitrogens with one attached hydrogen (secondary N) is 2. The van der Waals surface area contributed by atoms with Crippen molar-refractivity contribution in [1.82, 2.24) is 9.97 Å². The van der Waals surface area contributed by atoms with Crippen LogP contribution in [-0.4, -0.2) is 42.0 Å². The standard InChI is InChI=1S/C23H23N5O3S/c1-31-16-8-6-15(7-9-16)28(11-10-21(24)29)13-22(30)27-23-26-20(14-32-23)18-12-25-19-5-3-2-4-17(18)19/h2-9,12,14,25H,10-11,13H2,1H3,(H2,24,29)(H,26,27,30). The molecule has 2 aromatic heterocycles. The van der Waals surface area contributed by atoms with Gasteiger partial charge in [-0.15, -0.1) is 11.3 Å². The van der Waals surface area contributed by atoms with E-state index in [0.717, 1.165) is 27.8 Å². The normalized spacial score (nSPS) is 10.8. The Bertz CT molecular complexity index is 1230. The highest BCUT2D eigenvalue weighted by atomic mass is 32.1. The first kappa shape index (κ1) is 21.4. The molecule has 4 N–H and O–H groups in total. The Balaban J connectivity index is 1.46. The van der Waals surface area contributed by atoms with E-state index in [0.29, 0.717) is 17.4 Å². The Labute approximate surface area is 189 Å². The minimum atomic E-state index is -0.424. The van der Waals surface area contributed by atoms with Crippen LogP contribution in [0.5, 0.6) is 5.75 Å². The van der Waals surface area contributed by atoms with Crippen molar-refractivity contribution in [2.24, 2.45) is 5.73 Å². The molecule has 8 nitrogen and oxygen atoms in total. The lowest BCUT2D eigenvalue weighted by Gasteiger charge is -2.23. The molecule has 0 bridgehead atoms. The second-order valence-corrected chi connectivity index (χ2v) is 8.03. The number of benzene rings is 2. The van der Waals surface area contributed by atoms with E-state index in [4.69, 9.17) is 10.5 Å². The van der Waals surface area contributed by atoms with Gasteiger partial charge in [-0.2, -0.15) is 0 Å². The maximum atomic E-state index is 12.7. The number of amides is 2. The first-order valence-corrected chi connectivity index (χ1v) is 10.9. The van der Waals surface area contributed by atoms with Crippen LogP contribution in [0, 0.1) is 0 Å². The number of ether oxygens (including phenoxy) is 1. The number of nitrogens with two attached hydrogens (primary N) is 1. The molecule has 0 saturated heterocycles. The summed E-state index contributed by atoms with van der Waals surface area (Å²) in [5.74, 6) is 0.0537. The molecule has 32 heavy (non-hydrogen) atoms. The van der Waals surface area contributed by atoms with Crippen LogP contribution in [0.25, 0.3) is 22.2 Å². The average molecular weight is 450 g/mol. The number of para-hydroxylation sites is 1. The highest BCUT2D eigenvalue weighted by Crippen LogP contribution is 2.31. The van der Waals surface area contributed by atoms with E-state index < -0.39 is 5.91 Å². The Hall–Kier alpha value is -3.85. The molecule has 0 aliphatic heterocycles. The number of carbonyl (C=O) groups excluding carboxylic acids is 2. The molecule has 2 heterocycles. The van der Waals surface area contributed by atoms with Gasteiger partial charge in [0.25, 0.3) is 0 Å². The van der Waals surface area contributed by atoms with E-state index >= 15 is 0 Å². The van der Waals surface area contributed by atoms with Crippen molar-refractivity contribution >= 4 is 44.9 Å². The second-order valence-electron chi connectivity index (χ2n) is 7.17. The molecule has 0 radical (unpaired) electrons. The van der Waals surface area contributed by atoms with Crippen LogP contribution >= 0.6 is 11.3 Å². The van der Waals surface area contributed by atoms with Crippen molar-refractivity contribution in [1.29, 1.82) is 0 Å². The molecule has 4 rings (SSSR count). The van der Waals surface area contributed by atoms with Gasteiger partial charge in [-0.3, -0.25) is 9.59 Å². The molecular formula is C23H23N5O3S. The first-order valence-electron chi connectivity index (χ1n) is 10.0. The highest BCUT2D eigenvalue weighted by Gasteiger charge is 2.16. The lowest BCUT2D eigenvalue weighted by Crippen LogP contribution is -2.35. The predicted octanol–water partition coefficient (Wildman–Crippen LogP) is 3.62. The van der Waals surface area contributed by atoms with E-state index in [1.165, 1.54) is 11.3 Å². The summed E-state index contributed by atoms with van der Waals surface area (Å²) in [7, 11) is 1.59. The van der Waals surface area contributed by atoms with Crippen molar-refractivity contribution in [2.45, 2.75) is 6.42 Å². The summed E-state index contributed by atoms with van der Waals surface area (Å²) < 4.78 is 5.19.